The molecule has 8 nitrogen and oxygen atoms in total. The van der Waals surface area contributed by atoms with Gasteiger partial charge in [-0.15, -0.1) is 6.58 Å². The summed E-state index contributed by atoms with van der Waals surface area (Å²) < 4.78 is 11.1. The maximum atomic E-state index is 11.1. The van der Waals surface area contributed by atoms with Crippen molar-refractivity contribution in [1.82, 2.24) is 20.3 Å². The van der Waals surface area contributed by atoms with Crippen molar-refractivity contribution in [1.29, 1.82) is 0 Å². The molecular weight excluding hydrogens is 283 g/mol. The third-order valence-electron chi connectivity index (χ3n) is 2.86. The lowest BCUT2D eigenvalue weighted by Gasteiger charge is -2.15. The minimum absolute atomic E-state index is 0.131. The van der Waals surface area contributed by atoms with E-state index in [1.54, 1.807) is 6.20 Å². The van der Waals surface area contributed by atoms with Crippen molar-refractivity contribution in [3.63, 3.8) is 0 Å². The van der Waals surface area contributed by atoms with Gasteiger partial charge in [-0.25, -0.2) is 9.97 Å². The molecule has 1 unspecified atom stereocenters. The Morgan fingerprint density at radius 2 is 2.25 bits per heavy atom. The first-order valence-corrected chi connectivity index (χ1v) is 7.52. The second kappa shape index (κ2) is 5.72. The van der Waals surface area contributed by atoms with E-state index in [9.17, 15) is 9.67 Å². The van der Waals surface area contributed by atoms with Crippen molar-refractivity contribution in [2.75, 3.05) is 6.54 Å². The van der Waals surface area contributed by atoms with E-state index in [1.165, 1.54) is 12.4 Å². The van der Waals surface area contributed by atoms with Crippen molar-refractivity contribution in [3.05, 3.63) is 30.7 Å². The van der Waals surface area contributed by atoms with E-state index in [0.29, 0.717) is 24.0 Å². The van der Waals surface area contributed by atoms with Crippen LogP contribution in [0.25, 0.3) is 11.0 Å². The number of nitrogens with zero attached hydrogens (tertiary/aromatic N) is 2. The molecule has 1 atom stereocenters. The van der Waals surface area contributed by atoms with Crippen LogP contribution < -0.4 is 5.32 Å². The smallest absolute Gasteiger partial charge is 0.346 e. The predicted molar refractivity (Wildman–Crippen MR) is 73.3 cm³/mol. The molecule has 0 saturated carbocycles. The lowest BCUT2D eigenvalue weighted by molar-refractivity contribution is 0.357. The molecule has 0 aliphatic heterocycles. The molecule has 9 heteroatoms. The average molecular weight is 298 g/mol. The summed E-state index contributed by atoms with van der Waals surface area (Å²) in [6.45, 7) is 3.72. The standard InChI is InChI=1S/C11H15N4O4P/c1-2-8(20(17,18)19)12-4-3-7-5-13-10-9(7)14-6-15-11(10)16/h2,5-6,8,12-13H,1,3-4H2,(H,14,15,16)(H2,17,18,19). The molecule has 0 aliphatic carbocycles. The minimum atomic E-state index is -4.24. The number of rotatable bonds is 6. The molecule has 2 aromatic rings. The van der Waals surface area contributed by atoms with Gasteiger partial charge in [0.1, 0.15) is 17.6 Å². The molecule has 2 rings (SSSR count). The van der Waals surface area contributed by atoms with Gasteiger partial charge in [0, 0.05) is 12.7 Å². The summed E-state index contributed by atoms with van der Waals surface area (Å²) in [5.41, 5.74) is 1.85. The van der Waals surface area contributed by atoms with E-state index in [1.807, 2.05) is 0 Å². The number of fused-ring (bicyclic) bond motifs is 1. The number of nitrogens with one attached hydrogen (secondary N) is 2. The molecule has 20 heavy (non-hydrogen) atoms. The topological polar surface area (TPSA) is 131 Å². The highest BCUT2D eigenvalue weighted by Gasteiger charge is 2.24. The third kappa shape index (κ3) is 3.05. The monoisotopic (exact) mass is 298 g/mol. The number of hydrogen-bond donors (Lipinski definition) is 5. The Hall–Kier alpha value is -1.73. The Balaban J connectivity index is 2.05. The minimum Gasteiger partial charge on any atom is -0.492 e. The third-order valence-corrected chi connectivity index (χ3v) is 3.97. The van der Waals surface area contributed by atoms with Gasteiger partial charge < -0.3 is 25.2 Å². The van der Waals surface area contributed by atoms with Gasteiger partial charge in [0.05, 0.1) is 5.52 Å². The van der Waals surface area contributed by atoms with Crippen molar-refractivity contribution in [3.8, 4) is 5.88 Å². The molecule has 0 radical (unpaired) electrons. The first kappa shape index (κ1) is 14.7. The summed E-state index contributed by atoms with van der Waals surface area (Å²) in [6, 6.07) is 0. The summed E-state index contributed by atoms with van der Waals surface area (Å²) in [7, 11) is -4.24. The molecule has 0 amide bonds. The Morgan fingerprint density at radius 1 is 1.50 bits per heavy atom. The number of aromatic amines is 1. The van der Waals surface area contributed by atoms with Crippen LogP contribution in [-0.2, 0) is 11.0 Å². The van der Waals surface area contributed by atoms with Gasteiger partial charge in [0.2, 0.25) is 5.88 Å². The van der Waals surface area contributed by atoms with Gasteiger partial charge in [0.25, 0.3) is 0 Å². The summed E-state index contributed by atoms with van der Waals surface area (Å²) in [4.78, 5) is 28.7. The summed E-state index contributed by atoms with van der Waals surface area (Å²) in [5, 5.41) is 12.3. The maximum Gasteiger partial charge on any atom is 0.346 e. The second-order valence-electron chi connectivity index (χ2n) is 4.21. The number of hydrogen-bond acceptors (Lipinski definition) is 5. The Labute approximate surface area is 114 Å². The molecule has 0 aliphatic rings. The van der Waals surface area contributed by atoms with Crippen LogP contribution in [0.5, 0.6) is 5.88 Å². The van der Waals surface area contributed by atoms with Gasteiger partial charge in [-0.05, 0) is 12.0 Å². The van der Waals surface area contributed by atoms with Gasteiger partial charge in [-0.2, -0.15) is 0 Å². The highest BCUT2D eigenvalue weighted by atomic mass is 31.2. The van der Waals surface area contributed by atoms with Crippen LogP contribution in [-0.4, -0.2) is 42.2 Å². The molecule has 0 spiro atoms. The Kier molecular flexibility index (Phi) is 4.20. The summed E-state index contributed by atoms with van der Waals surface area (Å²) >= 11 is 0. The molecule has 2 heterocycles. The highest BCUT2D eigenvalue weighted by Crippen LogP contribution is 2.39. The lowest BCUT2D eigenvalue weighted by atomic mass is 10.2. The molecular formula is C11H15N4O4P. The van der Waals surface area contributed by atoms with Crippen LogP contribution in [0.4, 0.5) is 0 Å². The van der Waals surface area contributed by atoms with E-state index in [2.05, 4.69) is 26.8 Å². The molecule has 5 N–H and O–H groups in total. The molecule has 0 aromatic carbocycles. The molecule has 108 valence electrons. The Bertz CT molecular complexity index is 665. The zero-order valence-electron chi connectivity index (χ0n) is 10.5. The maximum absolute atomic E-state index is 11.1. The first-order valence-electron chi connectivity index (χ1n) is 5.84. The number of H-pyrrole nitrogens is 1. The van der Waals surface area contributed by atoms with Crippen molar-refractivity contribution < 1.29 is 19.5 Å². The van der Waals surface area contributed by atoms with Gasteiger partial charge in [-0.3, -0.25) is 4.57 Å². The second-order valence-corrected chi connectivity index (χ2v) is 5.94. The summed E-state index contributed by atoms with van der Waals surface area (Å²) in [6.07, 6.45) is 4.61. The number of aromatic nitrogens is 3. The van der Waals surface area contributed by atoms with Crippen molar-refractivity contribution >= 4 is 18.6 Å². The fourth-order valence-electron chi connectivity index (χ4n) is 1.87. The van der Waals surface area contributed by atoms with Crippen LogP contribution in [0.1, 0.15) is 5.56 Å². The van der Waals surface area contributed by atoms with Crippen LogP contribution in [0.3, 0.4) is 0 Å². The van der Waals surface area contributed by atoms with Gasteiger partial charge in [0.15, 0.2) is 0 Å². The van der Waals surface area contributed by atoms with Crippen LogP contribution in [0.15, 0.2) is 25.2 Å². The fraction of sp³-hybridized carbons (Fsp3) is 0.273. The normalized spacial score (nSPS) is 13.5. The highest BCUT2D eigenvalue weighted by molar-refractivity contribution is 7.52. The van der Waals surface area contributed by atoms with Crippen LogP contribution in [0, 0.1) is 0 Å². The average Bonchev–Trinajstić information content (AvgIpc) is 2.78. The van der Waals surface area contributed by atoms with Crippen molar-refractivity contribution in [2.45, 2.75) is 12.2 Å². The van der Waals surface area contributed by atoms with Crippen LogP contribution >= 0.6 is 7.60 Å². The largest absolute Gasteiger partial charge is 0.492 e. The van der Waals surface area contributed by atoms with E-state index in [4.69, 9.17) is 9.79 Å². The lowest BCUT2D eigenvalue weighted by Crippen LogP contribution is -2.28. The SMILES string of the molecule is C=CC(NCCc1c[nH]c2c(O)ncnc12)P(=O)(O)O. The first-order chi connectivity index (χ1) is 9.43. The quantitative estimate of drug-likeness (QED) is 0.387. The summed E-state index contributed by atoms with van der Waals surface area (Å²) in [5.74, 6) is -1.20. The van der Waals surface area contributed by atoms with Gasteiger partial charge >= 0.3 is 7.60 Å². The predicted octanol–water partition coefficient (Wildman–Crippen LogP) is 0.485. The zero-order valence-corrected chi connectivity index (χ0v) is 11.4. The van der Waals surface area contributed by atoms with Crippen LogP contribution in [0.2, 0.25) is 0 Å². The molecule has 0 saturated heterocycles. The zero-order chi connectivity index (χ0) is 14.8. The molecule has 2 aromatic heterocycles. The van der Waals surface area contributed by atoms with Gasteiger partial charge in [-0.1, -0.05) is 6.08 Å². The molecule has 0 bridgehead atoms. The van der Waals surface area contributed by atoms with E-state index in [0.717, 1.165) is 5.56 Å². The van der Waals surface area contributed by atoms with E-state index in [-0.39, 0.29) is 5.88 Å². The molecule has 0 fully saturated rings. The Morgan fingerprint density at radius 3 is 2.90 bits per heavy atom. The van der Waals surface area contributed by atoms with E-state index >= 15 is 0 Å². The fourth-order valence-corrected chi connectivity index (χ4v) is 2.51. The number of aromatic hydroxyl groups is 1. The van der Waals surface area contributed by atoms with Crippen molar-refractivity contribution in [2.24, 2.45) is 0 Å². The van der Waals surface area contributed by atoms with E-state index < -0.39 is 13.4 Å².